The minimum absolute atomic E-state index is 0.0261. The van der Waals surface area contributed by atoms with Crippen LogP contribution in [0.5, 0.6) is 0 Å². The van der Waals surface area contributed by atoms with Crippen molar-refractivity contribution in [2.75, 3.05) is 45.0 Å². The van der Waals surface area contributed by atoms with Gasteiger partial charge < -0.3 is 30.0 Å². The number of aryl methyl sites for hydroxylation is 2. The lowest BCUT2D eigenvalue weighted by Gasteiger charge is -2.32. The summed E-state index contributed by atoms with van der Waals surface area (Å²) in [4.78, 5) is 50.9. The molecule has 0 aliphatic carbocycles. The Morgan fingerprint density at radius 1 is 0.722 bits per heavy atom. The van der Waals surface area contributed by atoms with Gasteiger partial charge in [0.15, 0.2) is 0 Å². The van der Waals surface area contributed by atoms with Crippen molar-refractivity contribution in [1.29, 1.82) is 0 Å². The first-order chi connectivity index (χ1) is 26.2. The molecule has 5 heterocycles. The molecule has 8 rings (SSSR count). The third kappa shape index (κ3) is 9.53. The first kappa shape index (κ1) is 38.1. The van der Waals surface area contributed by atoms with E-state index in [1.165, 1.54) is 28.4 Å². The molecular formula is C42H52N8O3S. The summed E-state index contributed by atoms with van der Waals surface area (Å²) in [6.07, 6.45) is 7.72. The maximum absolute atomic E-state index is 12.4. The Kier molecular flexibility index (Phi) is 12.4. The summed E-state index contributed by atoms with van der Waals surface area (Å²) >= 11 is 1.66. The predicted octanol–water partition coefficient (Wildman–Crippen LogP) is 4.30. The van der Waals surface area contributed by atoms with E-state index in [4.69, 9.17) is 5.73 Å². The Morgan fingerprint density at radius 2 is 1.28 bits per heavy atom. The van der Waals surface area contributed by atoms with Crippen molar-refractivity contribution in [2.24, 2.45) is 5.73 Å². The zero-order valence-corrected chi connectivity index (χ0v) is 32.3. The van der Waals surface area contributed by atoms with Crippen LogP contribution in [0.25, 0.3) is 22.1 Å². The molecule has 5 aromatic rings. The molecule has 0 unspecified atom stereocenters. The van der Waals surface area contributed by atoms with E-state index in [-0.39, 0.29) is 11.1 Å². The number of thioether (sulfide) groups is 1. The summed E-state index contributed by atoms with van der Waals surface area (Å²) in [6, 6.07) is 19.5. The van der Waals surface area contributed by atoms with Crippen molar-refractivity contribution < 1.29 is 4.79 Å². The fourth-order valence-corrected chi connectivity index (χ4v) is 8.63. The average Bonchev–Trinajstić information content (AvgIpc) is 3.17. The van der Waals surface area contributed by atoms with Crippen molar-refractivity contribution in [1.82, 2.24) is 34.2 Å². The molecule has 2 saturated heterocycles. The molecule has 0 atom stereocenters. The molecule has 284 valence electrons. The van der Waals surface area contributed by atoms with E-state index in [1.807, 2.05) is 53.3 Å². The summed E-state index contributed by atoms with van der Waals surface area (Å²) in [7, 11) is 0. The highest BCUT2D eigenvalue weighted by Crippen LogP contribution is 2.29. The normalized spacial score (nSPS) is 17.4. The molecule has 3 N–H and O–H groups in total. The van der Waals surface area contributed by atoms with E-state index in [0.717, 1.165) is 105 Å². The van der Waals surface area contributed by atoms with Crippen LogP contribution >= 0.6 is 11.8 Å². The third-order valence-electron chi connectivity index (χ3n) is 11.0. The zero-order chi connectivity index (χ0) is 37.6. The Labute approximate surface area is 321 Å². The third-order valence-corrected chi connectivity index (χ3v) is 12.2. The number of hydrogen-bond donors (Lipinski definition) is 2. The van der Waals surface area contributed by atoms with E-state index in [9.17, 15) is 14.4 Å². The molecule has 12 heteroatoms. The van der Waals surface area contributed by atoms with Crippen LogP contribution in [0.4, 0.5) is 0 Å². The highest BCUT2D eigenvalue weighted by molar-refractivity contribution is 8.00. The highest BCUT2D eigenvalue weighted by Gasteiger charge is 2.21. The van der Waals surface area contributed by atoms with Crippen molar-refractivity contribution in [3.8, 4) is 0 Å². The average molecular weight is 749 g/mol. The van der Waals surface area contributed by atoms with Gasteiger partial charge in [0.2, 0.25) is 0 Å². The molecule has 0 bridgehead atoms. The van der Waals surface area contributed by atoms with Crippen molar-refractivity contribution in [3.05, 3.63) is 110 Å². The smallest absolute Gasteiger partial charge is 0.269 e. The molecule has 3 aliphatic rings. The van der Waals surface area contributed by atoms with Gasteiger partial charge in [0.05, 0.1) is 40.2 Å². The fraction of sp³-hybridized carbons (Fsp3) is 0.452. The molecule has 0 radical (unpaired) electrons. The Bertz CT molecular complexity index is 2220. The lowest BCUT2D eigenvalue weighted by atomic mass is 10.0. The van der Waals surface area contributed by atoms with Crippen LogP contribution < -0.4 is 22.2 Å². The number of Topliss-reactive ketones (excluding diaryl/α,β-unsaturated/α-hetero) is 1. The molecule has 0 spiro atoms. The number of ketones is 1. The number of nitrogens with one attached hydrogen (secondary N) is 1. The van der Waals surface area contributed by atoms with Gasteiger partial charge >= 0.3 is 0 Å². The zero-order valence-electron chi connectivity index (χ0n) is 31.5. The van der Waals surface area contributed by atoms with Crippen molar-refractivity contribution in [2.45, 2.75) is 82.6 Å². The number of carbonyl (C=O) groups excluding carboxylic acids is 1. The van der Waals surface area contributed by atoms with Gasteiger partial charge in [-0.1, -0.05) is 24.3 Å². The second-order valence-corrected chi connectivity index (χ2v) is 16.1. The number of fused-ring (bicyclic) bond motifs is 3. The second-order valence-electron chi connectivity index (χ2n) is 15.1. The molecular weight excluding hydrogens is 697 g/mol. The van der Waals surface area contributed by atoms with Gasteiger partial charge in [-0.3, -0.25) is 14.4 Å². The van der Waals surface area contributed by atoms with Gasteiger partial charge in [-0.15, -0.1) is 11.8 Å². The Morgan fingerprint density at radius 3 is 1.85 bits per heavy atom. The molecule has 0 amide bonds. The van der Waals surface area contributed by atoms with Crippen LogP contribution in [0, 0.1) is 13.8 Å². The molecule has 2 aromatic heterocycles. The molecule has 54 heavy (non-hydrogen) atoms. The first-order valence-electron chi connectivity index (χ1n) is 19.3. The van der Waals surface area contributed by atoms with Gasteiger partial charge in [0.25, 0.3) is 11.1 Å². The fourth-order valence-electron chi connectivity index (χ4n) is 7.73. The summed E-state index contributed by atoms with van der Waals surface area (Å²) < 4.78 is 3.70. The van der Waals surface area contributed by atoms with Crippen LogP contribution in [-0.4, -0.2) is 91.8 Å². The maximum atomic E-state index is 12.4. The quantitative estimate of drug-likeness (QED) is 0.225. The molecule has 0 saturated carbocycles. The van der Waals surface area contributed by atoms with Crippen LogP contribution in [0.1, 0.15) is 47.9 Å². The molecule has 11 nitrogen and oxygen atoms in total. The summed E-state index contributed by atoms with van der Waals surface area (Å²) in [6.45, 7) is 12.2. The maximum Gasteiger partial charge on any atom is 0.269 e. The molecule has 2 fully saturated rings. The highest BCUT2D eigenvalue weighted by atomic mass is 32.2. The van der Waals surface area contributed by atoms with Gasteiger partial charge in [-0.25, -0.2) is 9.97 Å². The largest absolute Gasteiger partial charge is 0.328 e. The lowest BCUT2D eigenvalue weighted by molar-refractivity contribution is -0.116. The topological polar surface area (TPSA) is 131 Å². The van der Waals surface area contributed by atoms with Crippen molar-refractivity contribution >= 4 is 39.6 Å². The monoisotopic (exact) mass is 748 g/mol. The molecule has 3 aliphatic heterocycles. The second kappa shape index (κ2) is 17.5. The Balaban J connectivity index is 0.000000184. The molecule has 3 aromatic carbocycles. The van der Waals surface area contributed by atoms with E-state index in [1.54, 1.807) is 11.8 Å². The predicted molar refractivity (Wildman–Crippen MR) is 217 cm³/mol. The van der Waals surface area contributed by atoms with E-state index in [2.05, 4.69) is 49.4 Å². The standard InChI is InChI=1S/C26H30N4O2S.C16H22N4O/c1-18-2-4-23-24(12-18)30(26(32)16-28-23)11-10-29-8-6-21(7-9-29)27-15-19-3-5-25-20(13-19)14-22(31)17-33-25;1-12-2-3-14-15(10-12)20(16(21)11-18-14)9-8-19-6-4-13(17)5-7-19/h2-5,12-13,16,21,27H,6-11,14-15,17H2,1H3;2-3,10-11,13H,4-9,17H2,1H3. The number of hydrogen-bond acceptors (Lipinski definition) is 10. The minimum atomic E-state index is -0.0326. The number of carbonyl (C=O) groups is 1. The Hall–Kier alpha value is -4.20. The van der Waals surface area contributed by atoms with Crippen LogP contribution in [-0.2, 0) is 30.8 Å². The van der Waals surface area contributed by atoms with E-state index >= 15 is 0 Å². The van der Waals surface area contributed by atoms with E-state index in [0.29, 0.717) is 43.1 Å². The summed E-state index contributed by atoms with van der Waals surface area (Å²) in [5.74, 6) is 0.927. The van der Waals surface area contributed by atoms with Crippen LogP contribution in [0.15, 0.2) is 81.5 Å². The first-order valence-corrected chi connectivity index (χ1v) is 20.3. The number of nitrogens with two attached hydrogens (primary N) is 1. The lowest BCUT2D eigenvalue weighted by Crippen LogP contribution is -2.43. The number of nitrogens with zero attached hydrogens (tertiary/aromatic N) is 6. The summed E-state index contributed by atoms with van der Waals surface area (Å²) in [5, 5.41) is 3.71. The van der Waals surface area contributed by atoms with Crippen LogP contribution in [0.3, 0.4) is 0 Å². The van der Waals surface area contributed by atoms with E-state index < -0.39 is 0 Å². The number of rotatable bonds is 9. The van der Waals surface area contributed by atoms with Crippen LogP contribution in [0.2, 0.25) is 0 Å². The minimum Gasteiger partial charge on any atom is -0.328 e. The summed E-state index contributed by atoms with van der Waals surface area (Å²) in [5.41, 5.74) is 14.2. The van der Waals surface area contributed by atoms with Gasteiger partial charge in [0.1, 0.15) is 5.78 Å². The number of benzene rings is 3. The SMILES string of the molecule is Cc1ccc2ncc(=O)n(CCN3CCC(N)CC3)c2c1.Cc1ccc2ncc(=O)n(CCN3CCC(NCc4ccc5c(c4)CC(=O)CS5)CC3)c2c1. The van der Waals surface area contributed by atoms with Gasteiger partial charge in [-0.05, 0) is 118 Å². The van der Waals surface area contributed by atoms with Crippen molar-refractivity contribution in [3.63, 3.8) is 0 Å². The van der Waals surface area contributed by atoms with Gasteiger partial charge in [0, 0.05) is 56.1 Å². The number of aromatic nitrogens is 4. The number of likely N-dealkylation sites (tertiary alicyclic amines) is 2. The number of piperidine rings is 2. The van der Waals surface area contributed by atoms with Gasteiger partial charge in [-0.2, -0.15) is 0 Å².